The molecule has 5 aromatic rings. The molecule has 60 heavy (non-hydrogen) atoms. The molecule has 14 nitrogen and oxygen atoms in total. The normalized spacial score (nSPS) is 16.9. The molecule has 2 aromatic heterocycles. The maximum Gasteiger partial charge on any atom is 0.328 e. The Bertz CT molecular complexity index is 2230. The van der Waals surface area contributed by atoms with Crippen LogP contribution in [0.2, 0.25) is 0 Å². The fraction of sp³-hybridized carbons (Fsp3) is 0.413. The van der Waals surface area contributed by atoms with Crippen molar-refractivity contribution in [2.45, 2.75) is 76.0 Å². The van der Waals surface area contributed by atoms with Crippen LogP contribution in [-0.2, 0) is 34.6 Å². The van der Waals surface area contributed by atoms with Crippen LogP contribution < -0.4 is 10.9 Å². The third-order valence-electron chi connectivity index (χ3n) is 11.7. The average Bonchev–Trinajstić information content (AvgIpc) is 3.74. The van der Waals surface area contributed by atoms with Crippen molar-refractivity contribution in [1.82, 2.24) is 30.0 Å². The molecule has 0 spiro atoms. The first-order valence-corrected chi connectivity index (χ1v) is 20.8. The van der Waals surface area contributed by atoms with E-state index in [1.165, 1.54) is 29.7 Å². The van der Waals surface area contributed by atoms with E-state index < -0.39 is 23.6 Å². The highest BCUT2D eigenvalue weighted by atomic mass is 16.4. The number of fused-ring (bicyclic) bond motifs is 1. The zero-order chi connectivity index (χ0) is 42.5. The number of carboxylic acids is 2. The Hall–Kier alpha value is -5.67. The van der Waals surface area contributed by atoms with Crippen LogP contribution in [0.3, 0.4) is 0 Å². The summed E-state index contributed by atoms with van der Waals surface area (Å²) in [4.78, 5) is 40.7. The highest BCUT2D eigenvalue weighted by Crippen LogP contribution is 2.42. The SMILES string of the molecule is O=C(O)C=CC(=O)O.O=c1ccc2c([C@@H](O)CNCCc3ccc(CCN4CCC(Cn5cnc([C@](O)(c6ccccc6)C6CCCCC6)n5)CC4)cc3)ccc(O)c2[nH]1. The number of aromatic hydroxyl groups is 1. The number of carbonyl (C=O) groups is 2. The maximum absolute atomic E-state index is 12.2. The molecule has 0 bridgehead atoms. The van der Waals surface area contributed by atoms with Gasteiger partial charge in [-0.1, -0.05) is 79.9 Å². The van der Waals surface area contributed by atoms with Gasteiger partial charge in [0.25, 0.3) is 0 Å². The van der Waals surface area contributed by atoms with E-state index in [1.54, 1.807) is 12.1 Å². The van der Waals surface area contributed by atoms with Crippen LogP contribution in [-0.4, -0.2) is 94.8 Å². The number of aromatic amines is 1. The minimum absolute atomic E-state index is 0.0118. The van der Waals surface area contributed by atoms with Gasteiger partial charge in [-0.3, -0.25) is 9.48 Å². The van der Waals surface area contributed by atoms with E-state index >= 15 is 0 Å². The standard InChI is InChI=1S/C42H52N6O4.C4H4O4/c49-37-17-15-35(36-16-18-39(51)45-40(36)37)38(50)27-43-23-19-30-11-13-31(14-12-30)20-24-47-25-21-32(22-26-47)28-48-29-44-41(46-48)42(52,33-7-3-1-4-8-33)34-9-5-2-6-10-34;5-3(6)1-2-4(7)8/h1,3-4,7-8,11-18,29,32,34,38,43,49-50,52H,2,5-6,9-10,19-28H2,(H,45,51);1-2H,(H,5,6)(H,7,8)/t38-,42-;/m0./s1. The number of carboxylic acid groups (broad SMARTS) is 2. The van der Waals surface area contributed by atoms with Crippen LogP contribution in [0.15, 0.2) is 102 Å². The quantitative estimate of drug-likeness (QED) is 0.0507. The third-order valence-corrected chi connectivity index (χ3v) is 11.7. The van der Waals surface area contributed by atoms with E-state index in [2.05, 4.69) is 39.5 Å². The number of phenolic OH excluding ortho intramolecular Hbond substituents is 1. The first-order chi connectivity index (χ1) is 29.0. The molecule has 0 radical (unpaired) electrons. The number of piperidine rings is 1. The van der Waals surface area contributed by atoms with E-state index in [9.17, 15) is 29.7 Å². The molecule has 0 amide bonds. The number of likely N-dealkylation sites (tertiary alicyclic amines) is 1. The van der Waals surface area contributed by atoms with Crippen molar-refractivity contribution >= 4 is 22.8 Å². The summed E-state index contributed by atoms with van der Waals surface area (Å²) in [6.45, 7) is 5.13. The van der Waals surface area contributed by atoms with Gasteiger partial charge in [-0.15, -0.1) is 0 Å². The number of aromatic nitrogens is 4. The zero-order valence-corrected chi connectivity index (χ0v) is 33.8. The second-order valence-electron chi connectivity index (χ2n) is 15.9. The summed E-state index contributed by atoms with van der Waals surface area (Å²) in [5, 5.41) is 57.6. The number of pyridine rings is 1. The molecular formula is C46H56N6O8. The summed E-state index contributed by atoms with van der Waals surface area (Å²) in [5.41, 5.74) is 3.05. The van der Waals surface area contributed by atoms with Crippen molar-refractivity contribution in [3.8, 4) is 5.75 Å². The summed E-state index contributed by atoms with van der Waals surface area (Å²) >= 11 is 0. The molecule has 14 heteroatoms. The number of hydrogen-bond donors (Lipinski definition) is 7. The van der Waals surface area contributed by atoms with Crippen LogP contribution in [0, 0.1) is 11.8 Å². The Morgan fingerprint density at radius 1 is 0.867 bits per heavy atom. The Morgan fingerprint density at radius 3 is 2.20 bits per heavy atom. The number of rotatable bonds is 16. The van der Waals surface area contributed by atoms with Gasteiger partial charge in [0.2, 0.25) is 5.56 Å². The molecule has 3 aromatic carbocycles. The van der Waals surface area contributed by atoms with Crippen molar-refractivity contribution in [2.75, 3.05) is 32.7 Å². The largest absolute Gasteiger partial charge is 0.506 e. The van der Waals surface area contributed by atoms with Gasteiger partial charge in [-0.25, -0.2) is 14.6 Å². The number of hydrogen-bond acceptors (Lipinski definition) is 10. The lowest BCUT2D eigenvalue weighted by Crippen LogP contribution is -2.39. The molecule has 0 unspecified atom stereocenters. The van der Waals surface area contributed by atoms with Gasteiger partial charge >= 0.3 is 11.9 Å². The van der Waals surface area contributed by atoms with Crippen molar-refractivity contribution in [1.29, 1.82) is 0 Å². The van der Waals surface area contributed by atoms with E-state index in [4.69, 9.17) is 20.3 Å². The highest BCUT2D eigenvalue weighted by molar-refractivity contribution is 5.89. The highest BCUT2D eigenvalue weighted by Gasteiger charge is 2.44. The van der Waals surface area contributed by atoms with E-state index in [0.29, 0.717) is 46.9 Å². The van der Waals surface area contributed by atoms with Gasteiger partial charge in [-0.2, -0.15) is 5.10 Å². The second kappa shape index (κ2) is 21.0. The molecule has 1 aliphatic carbocycles. The Morgan fingerprint density at radius 2 is 1.53 bits per heavy atom. The van der Waals surface area contributed by atoms with E-state index in [1.807, 2.05) is 41.3 Å². The number of aliphatic hydroxyl groups excluding tert-OH is 1. The van der Waals surface area contributed by atoms with Gasteiger partial charge in [0.05, 0.1) is 11.6 Å². The first kappa shape index (κ1) is 43.9. The molecule has 1 saturated carbocycles. The summed E-state index contributed by atoms with van der Waals surface area (Å²) in [7, 11) is 0. The third kappa shape index (κ3) is 11.7. The van der Waals surface area contributed by atoms with Gasteiger partial charge < -0.3 is 40.7 Å². The molecule has 1 aliphatic heterocycles. The summed E-state index contributed by atoms with van der Waals surface area (Å²) in [6, 6.07) is 25.1. The lowest BCUT2D eigenvalue weighted by atomic mass is 9.73. The zero-order valence-electron chi connectivity index (χ0n) is 33.8. The molecule has 318 valence electrons. The van der Waals surface area contributed by atoms with Crippen LogP contribution >= 0.6 is 0 Å². The van der Waals surface area contributed by atoms with Crippen LogP contribution in [0.1, 0.15) is 79.1 Å². The molecular weight excluding hydrogens is 765 g/mol. The molecule has 7 rings (SSSR count). The van der Waals surface area contributed by atoms with Crippen LogP contribution in [0.5, 0.6) is 5.75 Å². The van der Waals surface area contributed by atoms with Crippen molar-refractivity contribution < 1.29 is 35.1 Å². The van der Waals surface area contributed by atoms with Gasteiger partial charge in [-0.05, 0) is 104 Å². The van der Waals surface area contributed by atoms with E-state index in [-0.39, 0.29) is 17.2 Å². The minimum Gasteiger partial charge on any atom is -0.506 e. The molecule has 1 saturated heterocycles. The van der Waals surface area contributed by atoms with E-state index in [0.717, 1.165) is 89.7 Å². The lowest BCUT2D eigenvalue weighted by Gasteiger charge is -2.37. The number of nitrogens with one attached hydrogen (secondary N) is 2. The molecule has 2 atom stereocenters. The minimum atomic E-state index is -1.26. The molecule has 7 N–H and O–H groups in total. The smallest absolute Gasteiger partial charge is 0.328 e. The average molecular weight is 821 g/mol. The maximum atomic E-state index is 12.2. The number of aliphatic hydroxyl groups is 2. The van der Waals surface area contributed by atoms with Gasteiger partial charge in [0, 0.05) is 43.2 Å². The van der Waals surface area contributed by atoms with Crippen molar-refractivity contribution in [2.24, 2.45) is 11.8 Å². The predicted octanol–water partition coefficient (Wildman–Crippen LogP) is 5.17. The number of H-pyrrole nitrogens is 1. The number of aliphatic carboxylic acids is 2. The number of nitrogens with zero attached hydrogens (tertiary/aromatic N) is 4. The summed E-state index contributed by atoms with van der Waals surface area (Å²) in [5.74, 6) is -1.30. The van der Waals surface area contributed by atoms with Crippen molar-refractivity contribution in [3.63, 3.8) is 0 Å². The second-order valence-corrected chi connectivity index (χ2v) is 15.9. The summed E-state index contributed by atoms with van der Waals surface area (Å²) in [6.07, 6.45) is 11.8. The first-order valence-electron chi connectivity index (χ1n) is 20.8. The van der Waals surface area contributed by atoms with Crippen LogP contribution in [0.25, 0.3) is 10.9 Å². The fourth-order valence-corrected chi connectivity index (χ4v) is 8.41. The van der Waals surface area contributed by atoms with Crippen molar-refractivity contribution in [3.05, 3.63) is 136 Å². The summed E-state index contributed by atoms with van der Waals surface area (Å²) < 4.78 is 1.97. The Balaban J connectivity index is 0.000000686. The van der Waals surface area contributed by atoms with Gasteiger partial charge in [0.1, 0.15) is 12.1 Å². The van der Waals surface area contributed by atoms with Gasteiger partial charge in [0.15, 0.2) is 11.4 Å². The number of benzene rings is 3. The fourth-order valence-electron chi connectivity index (χ4n) is 8.41. The topological polar surface area (TPSA) is 214 Å². The Kier molecular flexibility index (Phi) is 15.4. The number of phenols is 1. The predicted molar refractivity (Wildman–Crippen MR) is 228 cm³/mol. The Labute approximate surface area is 349 Å². The van der Waals surface area contributed by atoms with Crippen LogP contribution in [0.4, 0.5) is 0 Å². The molecule has 3 heterocycles. The lowest BCUT2D eigenvalue weighted by molar-refractivity contribution is -0.134. The molecule has 2 fully saturated rings. The molecule has 2 aliphatic rings. The monoisotopic (exact) mass is 820 g/mol.